The lowest BCUT2D eigenvalue weighted by atomic mass is 9.88. The van der Waals surface area contributed by atoms with Crippen LogP contribution < -0.4 is 4.74 Å². The maximum absolute atomic E-state index is 11.1. The molecule has 0 spiro atoms. The summed E-state index contributed by atoms with van der Waals surface area (Å²) in [5.74, 6) is 0.316. The van der Waals surface area contributed by atoms with Crippen LogP contribution in [0.2, 0.25) is 5.02 Å². The van der Waals surface area contributed by atoms with E-state index in [4.69, 9.17) is 21.4 Å². The fourth-order valence-corrected chi connectivity index (χ4v) is 2.87. The van der Waals surface area contributed by atoms with Crippen molar-refractivity contribution in [3.05, 3.63) is 28.3 Å². The lowest BCUT2D eigenvalue weighted by molar-refractivity contribution is -0.137. The van der Waals surface area contributed by atoms with E-state index < -0.39 is 5.97 Å². The summed E-state index contributed by atoms with van der Waals surface area (Å²) in [6.45, 7) is 4.16. The maximum atomic E-state index is 11.1. The third kappa shape index (κ3) is 2.71. The van der Waals surface area contributed by atoms with Gasteiger partial charge in [-0.05, 0) is 36.5 Å². The Morgan fingerprint density at radius 1 is 1.47 bits per heavy atom. The molecule has 1 aromatic carbocycles. The van der Waals surface area contributed by atoms with Crippen LogP contribution in [-0.4, -0.2) is 18.2 Å². The molecule has 3 nitrogen and oxygen atoms in total. The summed E-state index contributed by atoms with van der Waals surface area (Å²) < 4.78 is 5.55. The van der Waals surface area contributed by atoms with E-state index in [9.17, 15) is 4.79 Å². The second-order valence-corrected chi connectivity index (χ2v) is 6.02. The molecule has 0 atom stereocenters. The van der Waals surface area contributed by atoms with E-state index in [1.54, 1.807) is 7.11 Å². The molecule has 0 radical (unpaired) electrons. The molecule has 1 fully saturated rings. The van der Waals surface area contributed by atoms with Crippen LogP contribution in [0.5, 0.6) is 5.75 Å². The summed E-state index contributed by atoms with van der Waals surface area (Å²) in [5.41, 5.74) is 1.71. The second-order valence-electron chi connectivity index (χ2n) is 5.58. The number of carbonyl (C=O) groups is 1. The Labute approximate surface area is 118 Å². The Morgan fingerprint density at radius 2 is 2.11 bits per heavy atom. The van der Waals surface area contributed by atoms with Crippen LogP contribution in [-0.2, 0) is 10.2 Å². The third-order valence-electron chi connectivity index (χ3n) is 3.82. The first-order valence-corrected chi connectivity index (χ1v) is 6.87. The molecule has 1 aromatic rings. The van der Waals surface area contributed by atoms with Crippen LogP contribution >= 0.6 is 11.6 Å². The van der Waals surface area contributed by atoms with Gasteiger partial charge in [-0.1, -0.05) is 25.4 Å². The fraction of sp³-hybridized carbons (Fsp3) is 0.533. The van der Waals surface area contributed by atoms with Crippen molar-refractivity contribution < 1.29 is 14.6 Å². The Hall–Kier alpha value is -1.22. The van der Waals surface area contributed by atoms with Gasteiger partial charge in [-0.2, -0.15) is 0 Å². The molecular formula is C15H19ClO3. The van der Waals surface area contributed by atoms with Crippen LogP contribution in [0, 0.1) is 0 Å². The summed E-state index contributed by atoms with van der Waals surface area (Å²) >= 11 is 6.19. The van der Waals surface area contributed by atoms with Crippen LogP contribution in [0.4, 0.5) is 0 Å². The van der Waals surface area contributed by atoms with Gasteiger partial charge >= 0.3 is 5.97 Å². The minimum Gasteiger partial charge on any atom is -0.496 e. The normalized spacial score (nSPS) is 16.5. The highest BCUT2D eigenvalue weighted by atomic mass is 35.5. The maximum Gasteiger partial charge on any atom is 0.304 e. The molecule has 0 amide bonds. The number of hydrogen-bond acceptors (Lipinski definition) is 2. The highest BCUT2D eigenvalue weighted by molar-refractivity contribution is 6.30. The molecule has 1 saturated carbocycles. The minimum atomic E-state index is -0.773. The zero-order chi connectivity index (χ0) is 14.2. The molecular weight excluding hydrogens is 264 g/mol. The molecule has 0 heterocycles. The van der Waals surface area contributed by atoms with Crippen molar-refractivity contribution in [2.75, 3.05) is 7.11 Å². The lowest BCUT2D eigenvalue weighted by Crippen LogP contribution is -2.15. The third-order valence-corrected chi connectivity index (χ3v) is 4.04. The van der Waals surface area contributed by atoms with E-state index in [0.717, 1.165) is 29.7 Å². The summed E-state index contributed by atoms with van der Waals surface area (Å²) in [7, 11) is 1.63. The van der Waals surface area contributed by atoms with Crippen molar-refractivity contribution in [1.29, 1.82) is 0 Å². The number of benzene rings is 1. The topological polar surface area (TPSA) is 46.5 Å². The van der Waals surface area contributed by atoms with Gasteiger partial charge in [-0.15, -0.1) is 0 Å². The first-order chi connectivity index (χ1) is 8.89. The number of carboxylic acids is 1. The lowest BCUT2D eigenvalue weighted by Gasteiger charge is -2.22. The molecule has 0 aliphatic heterocycles. The van der Waals surface area contributed by atoms with Gasteiger partial charge in [0.1, 0.15) is 5.75 Å². The van der Waals surface area contributed by atoms with E-state index >= 15 is 0 Å². The molecule has 104 valence electrons. The van der Waals surface area contributed by atoms with Crippen LogP contribution in [0.15, 0.2) is 12.1 Å². The molecule has 0 aromatic heterocycles. The Bertz CT molecular complexity index is 504. The van der Waals surface area contributed by atoms with Gasteiger partial charge in [0.2, 0.25) is 0 Å². The smallest absolute Gasteiger partial charge is 0.304 e. The van der Waals surface area contributed by atoms with E-state index in [-0.39, 0.29) is 17.8 Å². The van der Waals surface area contributed by atoms with Crippen molar-refractivity contribution in [1.82, 2.24) is 0 Å². The fourth-order valence-electron chi connectivity index (χ4n) is 2.65. The van der Waals surface area contributed by atoms with Crippen molar-refractivity contribution in [2.24, 2.45) is 0 Å². The first-order valence-electron chi connectivity index (χ1n) is 6.49. The van der Waals surface area contributed by atoms with Crippen molar-refractivity contribution in [3.63, 3.8) is 0 Å². The summed E-state index contributed by atoms with van der Waals surface area (Å²) in [4.78, 5) is 11.1. The van der Waals surface area contributed by atoms with Crippen molar-refractivity contribution in [3.8, 4) is 5.75 Å². The average Bonchev–Trinajstić information content (AvgIpc) is 3.07. The predicted molar refractivity (Wildman–Crippen MR) is 75.3 cm³/mol. The Kier molecular flexibility index (Phi) is 3.77. The molecule has 0 saturated heterocycles. The molecule has 19 heavy (non-hydrogen) atoms. The SMILES string of the molecule is COc1c(C(C)C)cc(Cl)cc1C1(CC(=O)O)CC1. The second kappa shape index (κ2) is 5.04. The zero-order valence-electron chi connectivity index (χ0n) is 11.5. The number of methoxy groups -OCH3 is 1. The number of hydrogen-bond donors (Lipinski definition) is 1. The minimum absolute atomic E-state index is 0.140. The van der Waals surface area contributed by atoms with E-state index in [0.29, 0.717) is 5.02 Å². The van der Waals surface area contributed by atoms with Gasteiger partial charge in [0.15, 0.2) is 0 Å². The number of halogens is 1. The molecule has 4 heteroatoms. The number of rotatable bonds is 5. The summed E-state index contributed by atoms with van der Waals surface area (Å²) in [6, 6.07) is 3.77. The molecule has 1 aliphatic carbocycles. The van der Waals surface area contributed by atoms with E-state index in [1.807, 2.05) is 12.1 Å². The zero-order valence-corrected chi connectivity index (χ0v) is 12.3. The Morgan fingerprint density at radius 3 is 2.53 bits per heavy atom. The highest BCUT2D eigenvalue weighted by Crippen LogP contribution is 2.55. The quantitative estimate of drug-likeness (QED) is 0.888. The highest BCUT2D eigenvalue weighted by Gasteiger charge is 2.48. The molecule has 0 bridgehead atoms. The summed E-state index contributed by atoms with van der Waals surface area (Å²) in [6.07, 6.45) is 1.91. The van der Waals surface area contributed by atoms with Crippen LogP contribution in [0.25, 0.3) is 0 Å². The van der Waals surface area contributed by atoms with E-state index in [2.05, 4.69) is 13.8 Å². The summed E-state index contributed by atoms with van der Waals surface area (Å²) in [5, 5.41) is 9.74. The first kappa shape index (κ1) is 14.2. The number of ether oxygens (including phenoxy) is 1. The Balaban J connectivity index is 2.53. The standard InChI is InChI=1S/C15H19ClO3/c1-9(2)11-6-10(16)7-12(14(11)19-3)15(4-5-15)8-13(17)18/h6-7,9H,4-5,8H2,1-3H3,(H,17,18). The van der Waals surface area contributed by atoms with Gasteiger partial charge < -0.3 is 9.84 Å². The average molecular weight is 283 g/mol. The van der Waals surface area contributed by atoms with Gasteiger partial charge in [0.25, 0.3) is 0 Å². The molecule has 1 aliphatic rings. The van der Waals surface area contributed by atoms with Gasteiger partial charge in [0.05, 0.1) is 13.5 Å². The van der Waals surface area contributed by atoms with Crippen LogP contribution in [0.3, 0.4) is 0 Å². The number of carboxylic acid groups (broad SMARTS) is 1. The molecule has 0 unspecified atom stereocenters. The van der Waals surface area contributed by atoms with Crippen molar-refractivity contribution >= 4 is 17.6 Å². The van der Waals surface area contributed by atoms with Crippen LogP contribution in [0.1, 0.15) is 50.2 Å². The van der Waals surface area contributed by atoms with Gasteiger partial charge in [0, 0.05) is 16.0 Å². The van der Waals surface area contributed by atoms with Gasteiger partial charge in [-0.25, -0.2) is 0 Å². The number of aliphatic carboxylic acids is 1. The molecule has 2 rings (SSSR count). The van der Waals surface area contributed by atoms with Crippen molar-refractivity contribution in [2.45, 2.75) is 44.4 Å². The monoisotopic (exact) mass is 282 g/mol. The predicted octanol–water partition coefficient (Wildman–Crippen LogP) is 3.98. The van der Waals surface area contributed by atoms with E-state index in [1.165, 1.54) is 0 Å². The molecule has 1 N–H and O–H groups in total. The largest absolute Gasteiger partial charge is 0.496 e. The van der Waals surface area contributed by atoms with Gasteiger partial charge in [-0.3, -0.25) is 4.79 Å².